The number of hydrogen-bond acceptors (Lipinski definition) is 6. The van der Waals surface area contributed by atoms with Gasteiger partial charge in [0.15, 0.2) is 0 Å². The molecule has 0 unspecified atom stereocenters. The number of carbonyl (C=O) groups excluding carboxylic acids is 1. The van der Waals surface area contributed by atoms with Crippen LogP contribution in [0, 0.1) is 12.8 Å². The van der Waals surface area contributed by atoms with E-state index in [-0.39, 0.29) is 5.13 Å². The maximum absolute atomic E-state index is 13.0. The van der Waals surface area contributed by atoms with Crippen LogP contribution in [0.5, 0.6) is 0 Å². The Balaban J connectivity index is 1.82. The number of nitrogens with zero attached hydrogens (tertiary/aromatic N) is 2. The van der Waals surface area contributed by atoms with Crippen molar-refractivity contribution < 1.29 is 26.4 Å². The second kappa shape index (κ2) is 10.2. The van der Waals surface area contributed by atoms with Crippen molar-refractivity contribution in [1.82, 2.24) is 14.9 Å². The van der Waals surface area contributed by atoms with E-state index in [1.165, 1.54) is 0 Å². The Morgan fingerprint density at radius 1 is 1.12 bits per heavy atom. The Morgan fingerprint density at radius 2 is 1.82 bits per heavy atom. The van der Waals surface area contributed by atoms with Crippen molar-refractivity contribution in [2.45, 2.75) is 44.3 Å². The van der Waals surface area contributed by atoms with Crippen LogP contribution in [-0.4, -0.2) is 30.6 Å². The molecule has 0 aliphatic rings. The van der Waals surface area contributed by atoms with Gasteiger partial charge in [-0.25, -0.2) is 8.42 Å². The van der Waals surface area contributed by atoms with Crippen molar-refractivity contribution in [3.8, 4) is 10.6 Å². The Morgan fingerprint density at radius 3 is 2.47 bits per heavy atom. The number of aryl methyl sites for hydroxylation is 1. The highest BCUT2D eigenvalue weighted by Gasteiger charge is 2.34. The predicted molar refractivity (Wildman–Crippen MR) is 124 cm³/mol. The zero-order valence-electron chi connectivity index (χ0n) is 18.6. The molecule has 0 spiro atoms. The highest BCUT2D eigenvalue weighted by atomic mass is 32.2. The van der Waals surface area contributed by atoms with Gasteiger partial charge in [0.2, 0.25) is 21.1 Å². The first-order chi connectivity index (χ1) is 15.9. The summed E-state index contributed by atoms with van der Waals surface area (Å²) in [4.78, 5) is 12.4. The van der Waals surface area contributed by atoms with E-state index in [1.54, 1.807) is 13.8 Å². The van der Waals surface area contributed by atoms with Gasteiger partial charge in [-0.2, -0.15) is 17.9 Å². The van der Waals surface area contributed by atoms with E-state index < -0.39 is 44.5 Å². The summed E-state index contributed by atoms with van der Waals surface area (Å²) in [5, 5.41) is 11.3. The minimum absolute atomic E-state index is 0.174. The number of carbonyl (C=O) groups is 1. The van der Waals surface area contributed by atoms with Crippen LogP contribution < -0.4 is 10.0 Å². The number of aromatic nitrogens is 2. The number of hydrogen-bond donors (Lipinski definition) is 2. The number of halogens is 3. The first-order valence-electron chi connectivity index (χ1n) is 10.3. The molecule has 1 amide bonds. The van der Waals surface area contributed by atoms with Crippen LogP contribution in [0.3, 0.4) is 0 Å². The van der Waals surface area contributed by atoms with Crippen molar-refractivity contribution in [3.63, 3.8) is 0 Å². The summed E-state index contributed by atoms with van der Waals surface area (Å²) in [6.45, 7) is 5.36. The maximum atomic E-state index is 13.0. The molecule has 0 saturated heterocycles. The van der Waals surface area contributed by atoms with E-state index in [1.807, 2.05) is 31.2 Å². The number of benzene rings is 2. The molecule has 2 aromatic carbocycles. The van der Waals surface area contributed by atoms with Gasteiger partial charge in [-0.05, 0) is 37.1 Å². The second-order valence-corrected chi connectivity index (χ2v) is 10.5. The number of rotatable bonds is 8. The lowest BCUT2D eigenvalue weighted by Crippen LogP contribution is -2.47. The zero-order valence-corrected chi connectivity index (χ0v) is 20.2. The summed E-state index contributed by atoms with van der Waals surface area (Å²) >= 11 is 1.12. The van der Waals surface area contributed by atoms with Gasteiger partial charge in [0.25, 0.3) is 0 Å². The van der Waals surface area contributed by atoms with E-state index in [0.29, 0.717) is 17.5 Å². The van der Waals surface area contributed by atoms with Gasteiger partial charge in [-0.1, -0.05) is 61.4 Å². The van der Waals surface area contributed by atoms with E-state index in [0.717, 1.165) is 40.7 Å². The Kier molecular flexibility index (Phi) is 7.74. The molecule has 34 heavy (non-hydrogen) atoms. The number of anilines is 1. The molecule has 0 fully saturated rings. The smallest absolute Gasteiger partial charge is 0.299 e. The highest BCUT2D eigenvalue weighted by molar-refractivity contribution is 7.89. The third-order valence-electron chi connectivity index (χ3n) is 5.17. The molecule has 0 aliphatic carbocycles. The Labute approximate surface area is 199 Å². The molecule has 3 aromatic rings. The molecule has 0 aliphatic heterocycles. The first kappa shape index (κ1) is 25.8. The van der Waals surface area contributed by atoms with Crippen LogP contribution in [0.15, 0.2) is 53.4 Å². The molecule has 1 aromatic heterocycles. The largest absolute Gasteiger partial charge is 0.416 e. The fraction of sp³-hybridized carbons (Fsp3) is 0.318. The molecular formula is C22H23F3N4O3S2. The molecule has 0 radical (unpaired) electrons. The summed E-state index contributed by atoms with van der Waals surface area (Å²) in [7, 11) is -4.42. The SMILES string of the molecule is CC[C@H](C)[C@H](NS(=O)(=O)c1cccc(C(F)(F)F)c1)C(=O)Nc1nnc(-c2cccc(C)c2)s1. The average Bonchev–Trinajstić information content (AvgIpc) is 3.25. The van der Waals surface area contributed by atoms with Gasteiger partial charge < -0.3 is 0 Å². The van der Waals surface area contributed by atoms with Crippen LogP contribution in [0.1, 0.15) is 31.4 Å². The fourth-order valence-corrected chi connectivity index (χ4v) is 5.18. The van der Waals surface area contributed by atoms with Crippen molar-refractivity contribution in [2.24, 2.45) is 5.92 Å². The van der Waals surface area contributed by atoms with Gasteiger partial charge >= 0.3 is 6.18 Å². The summed E-state index contributed by atoms with van der Waals surface area (Å²) < 4.78 is 67.0. The van der Waals surface area contributed by atoms with Gasteiger partial charge in [0.1, 0.15) is 11.0 Å². The molecule has 12 heteroatoms. The maximum Gasteiger partial charge on any atom is 0.416 e. The molecule has 2 atom stereocenters. The number of alkyl halides is 3. The van der Waals surface area contributed by atoms with E-state index >= 15 is 0 Å². The molecule has 2 N–H and O–H groups in total. The first-order valence-corrected chi connectivity index (χ1v) is 12.6. The monoisotopic (exact) mass is 512 g/mol. The minimum Gasteiger partial charge on any atom is -0.299 e. The quantitative estimate of drug-likeness (QED) is 0.449. The fourth-order valence-electron chi connectivity index (χ4n) is 3.09. The predicted octanol–water partition coefficient (Wildman–Crippen LogP) is 4.86. The third-order valence-corrected chi connectivity index (χ3v) is 7.50. The number of nitrogens with one attached hydrogen (secondary N) is 2. The molecule has 7 nitrogen and oxygen atoms in total. The van der Waals surface area contributed by atoms with Crippen molar-refractivity contribution in [3.05, 3.63) is 59.7 Å². The van der Waals surface area contributed by atoms with Crippen molar-refractivity contribution in [1.29, 1.82) is 0 Å². The molecule has 182 valence electrons. The zero-order chi connectivity index (χ0) is 25.1. The van der Waals surface area contributed by atoms with Gasteiger partial charge in [-0.3, -0.25) is 10.1 Å². The third kappa shape index (κ3) is 6.19. The standard InChI is InChI=1S/C22H23F3N4O3S2/c1-4-14(3)18(29-34(31,32)17-10-6-9-16(12-17)22(23,24)25)19(30)26-21-28-27-20(33-21)15-8-5-7-13(2)11-15/h5-12,14,18,29H,4H2,1-3H3,(H,26,28,30)/t14-,18-/m0/s1. The van der Waals surface area contributed by atoms with E-state index in [4.69, 9.17) is 0 Å². The van der Waals surface area contributed by atoms with Crippen LogP contribution in [-0.2, 0) is 21.0 Å². The highest BCUT2D eigenvalue weighted by Crippen LogP contribution is 2.31. The topological polar surface area (TPSA) is 101 Å². The van der Waals surface area contributed by atoms with Crippen LogP contribution in [0.4, 0.5) is 18.3 Å². The van der Waals surface area contributed by atoms with Crippen LogP contribution in [0.2, 0.25) is 0 Å². The summed E-state index contributed by atoms with van der Waals surface area (Å²) in [6, 6.07) is 9.68. The lowest BCUT2D eigenvalue weighted by molar-refractivity contribution is -0.137. The summed E-state index contributed by atoms with van der Waals surface area (Å²) in [5.74, 6) is -1.14. The minimum atomic E-state index is -4.70. The van der Waals surface area contributed by atoms with E-state index in [2.05, 4.69) is 20.2 Å². The van der Waals surface area contributed by atoms with Crippen molar-refractivity contribution >= 4 is 32.4 Å². The molecule has 1 heterocycles. The second-order valence-electron chi connectivity index (χ2n) is 7.78. The summed E-state index contributed by atoms with van der Waals surface area (Å²) in [5.41, 5.74) is 0.748. The van der Waals surface area contributed by atoms with Gasteiger partial charge in [-0.15, -0.1) is 10.2 Å². The normalized spacial score (nSPS) is 13.9. The molecule has 0 bridgehead atoms. The van der Waals surface area contributed by atoms with Crippen molar-refractivity contribution in [2.75, 3.05) is 5.32 Å². The molecule has 0 saturated carbocycles. The van der Waals surface area contributed by atoms with Crippen LogP contribution in [0.25, 0.3) is 10.6 Å². The average molecular weight is 513 g/mol. The Hall–Kier alpha value is -2.83. The van der Waals surface area contributed by atoms with Gasteiger partial charge in [0.05, 0.1) is 10.5 Å². The number of sulfonamides is 1. The molecule has 3 rings (SSSR count). The number of amides is 1. The lowest BCUT2D eigenvalue weighted by atomic mass is 9.99. The molecular weight excluding hydrogens is 489 g/mol. The van der Waals surface area contributed by atoms with Gasteiger partial charge in [0, 0.05) is 5.56 Å². The van der Waals surface area contributed by atoms with Crippen LogP contribution >= 0.6 is 11.3 Å². The lowest BCUT2D eigenvalue weighted by Gasteiger charge is -2.23. The van der Waals surface area contributed by atoms with E-state index in [9.17, 15) is 26.4 Å². The Bertz CT molecular complexity index is 1280. The summed E-state index contributed by atoms with van der Waals surface area (Å²) in [6.07, 6.45) is -4.26.